The number of aryl methyl sites for hydroxylation is 2. The average Bonchev–Trinajstić information content (AvgIpc) is 4.04. The number of aromatic nitrogens is 3. The number of unbranched alkanes of at least 4 members (excludes halogenated alkanes) is 2. The number of thiazole rings is 1. The summed E-state index contributed by atoms with van der Waals surface area (Å²) < 4.78 is 27.4. The topological polar surface area (TPSA) is 242 Å². The van der Waals surface area contributed by atoms with Gasteiger partial charge in [0.2, 0.25) is 23.6 Å². The number of carbonyl (C=O) groups excluding carboxylic acids is 4. The summed E-state index contributed by atoms with van der Waals surface area (Å²) in [5.41, 5.74) is 14.8. The summed E-state index contributed by atoms with van der Waals surface area (Å²) in [7, 11) is -1.89. The van der Waals surface area contributed by atoms with Crippen LogP contribution in [0.15, 0.2) is 53.0 Å². The first-order chi connectivity index (χ1) is 33.7. The molecule has 19 heteroatoms. The van der Waals surface area contributed by atoms with E-state index in [-0.39, 0.29) is 60.5 Å². The zero-order chi connectivity index (χ0) is 50.9. The monoisotopic (exact) mass is 1010 g/mol. The van der Waals surface area contributed by atoms with Gasteiger partial charge in [0.1, 0.15) is 17.6 Å². The van der Waals surface area contributed by atoms with Gasteiger partial charge in [0.25, 0.3) is 5.56 Å². The maximum atomic E-state index is 14.2. The molecule has 0 spiro atoms. The molecule has 2 fully saturated rings. The molecule has 2 saturated heterocycles. The summed E-state index contributed by atoms with van der Waals surface area (Å²) in [6, 6.07) is 7.78. The van der Waals surface area contributed by atoms with Crippen LogP contribution >= 0.6 is 11.3 Å². The number of nitrogens with zero attached hydrogens (tertiary/aromatic N) is 4. The summed E-state index contributed by atoms with van der Waals surface area (Å²) >= 11 is 1.57. The molecule has 3 aliphatic rings. The van der Waals surface area contributed by atoms with Crippen molar-refractivity contribution < 1.29 is 32.7 Å². The lowest BCUT2D eigenvalue weighted by Gasteiger charge is -2.35. The van der Waals surface area contributed by atoms with E-state index in [2.05, 4.69) is 30.8 Å². The predicted molar refractivity (Wildman–Crippen MR) is 276 cm³/mol. The molecule has 3 aromatic heterocycles. The van der Waals surface area contributed by atoms with Crippen LogP contribution in [0.2, 0.25) is 0 Å². The van der Waals surface area contributed by atoms with Gasteiger partial charge in [-0.1, -0.05) is 51.5 Å². The van der Waals surface area contributed by atoms with Crippen LogP contribution in [-0.4, -0.2) is 112 Å². The molecule has 0 saturated carbocycles. The molecular weight excluding hydrogens is 943 g/mol. The molecular formula is C52H67N9O8S2. The molecule has 2 aromatic carbocycles. The number of hydrogen-bond donors (Lipinski definition) is 6. The van der Waals surface area contributed by atoms with Gasteiger partial charge in [0.05, 0.1) is 27.9 Å². The van der Waals surface area contributed by atoms with Crippen LogP contribution in [0.4, 0.5) is 5.69 Å². The molecule has 8 rings (SSSR count). The number of nitrogens with two attached hydrogens (primary N) is 1. The Morgan fingerprint density at radius 3 is 2.45 bits per heavy atom. The first kappa shape index (κ1) is 51.5. The van der Waals surface area contributed by atoms with E-state index >= 15 is 0 Å². The average molecular weight is 1010 g/mol. The maximum Gasteiger partial charge on any atom is 0.274 e. The van der Waals surface area contributed by atoms with Gasteiger partial charge in [-0.3, -0.25) is 24.0 Å². The highest BCUT2D eigenvalue weighted by atomic mass is 32.2. The highest BCUT2D eigenvalue weighted by Crippen LogP contribution is 2.44. The molecule has 7 N–H and O–H groups in total. The predicted octanol–water partition coefficient (Wildman–Crippen LogP) is 5.16. The van der Waals surface area contributed by atoms with Gasteiger partial charge in [-0.05, 0) is 104 Å². The first-order valence-electron chi connectivity index (χ1n) is 24.5. The van der Waals surface area contributed by atoms with Gasteiger partial charge in [0, 0.05) is 85.9 Å². The number of aromatic amines is 1. The number of benzene rings is 2. The lowest BCUT2D eigenvalue weighted by Crippen LogP contribution is -2.57. The number of aliphatic hydroxyl groups is 1. The number of pyridine rings is 1. The Labute approximate surface area is 418 Å². The number of H-pyrrole nitrogens is 1. The molecule has 6 heterocycles. The van der Waals surface area contributed by atoms with Crippen molar-refractivity contribution in [2.75, 3.05) is 37.8 Å². The van der Waals surface area contributed by atoms with Gasteiger partial charge in [-0.2, -0.15) is 0 Å². The van der Waals surface area contributed by atoms with Crippen LogP contribution in [0, 0.1) is 18.3 Å². The molecule has 0 bridgehead atoms. The number of aliphatic hydroxyl groups excluding tert-OH is 1. The standard InChI is InChI=1S/C52H67N9O8S2/c1-30-46(70-29-57-30)33-13-11-32(12-14-33)23-56-49(65)41-21-35(62)26-61(41)51(67)47(52(2,3)4)58-42(63)10-8-7-9-17-60-18-15-31(16-19-60)20-36-39(28-71(6,68)69)37(48(53)64)22-40-44(36)38-27-59(5)50(66)45-43(38)34(24-54-40)25-55-45/h11-14,22,25,27,29,31,35,41,47,54-55,62H,7-10,15-21,23-24,26,28H2,1-6H3,(H2,53,64)(H,56,65)(H,58,63)/t35-,41+,47-/m1/s1. The molecule has 17 nitrogen and oxygen atoms in total. The lowest BCUT2D eigenvalue weighted by atomic mass is 9.82. The van der Waals surface area contributed by atoms with Gasteiger partial charge < -0.3 is 46.1 Å². The number of nitrogens with one attached hydrogen (secondary N) is 4. The van der Waals surface area contributed by atoms with Crippen LogP contribution < -0.4 is 27.2 Å². The van der Waals surface area contributed by atoms with Crippen LogP contribution in [0.1, 0.15) is 104 Å². The van der Waals surface area contributed by atoms with E-state index in [1.54, 1.807) is 30.6 Å². The quantitative estimate of drug-likeness (QED) is 0.0665. The van der Waals surface area contributed by atoms with E-state index in [9.17, 15) is 37.5 Å². The van der Waals surface area contributed by atoms with Gasteiger partial charge in [0.15, 0.2) is 9.84 Å². The second-order valence-electron chi connectivity index (χ2n) is 20.9. The van der Waals surface area contributed by atoms with Gasteiger partial charge in [-0.15, -0.1) is 11.3 Å². The molecule has 0 unspecified atom stereocenters. The summed E-state index contributed by atoms with van der Waals surface area (Å²) in [4.78, 5) is 79.7. The molecule has 380 valence electrons. The zero-order valence-corrected chi connectivity index (χ0v) is 43.2. The summed E-state index contributed by atoms with van der Waals surface area (Å²) in [6.07, 6.45) is 8.78. The fraction of sp³-hybridized carbons (Fsp3) is 0.500. The third-order valence-corrected chi connectivity index (χ3v) is 16.1. The van der Waals surface area contributed by atoms with Crippen LogP contribution in [0.3, 0.4) is 0 Å². The van der Waals surface area contributed by atoms with Crippen LogP contribution in [0.25, 0.3) is 32.5 Å². The molecule has 0 radical (unpaired) electrons. The summed E-state index contributed by atoms with van der Waals surface area (Å²) in [6.45, 7) is 10.8. The zero-order valence-electron chi connectivity index (χ0n) is 41.5. The van der Waals surface area contributed by atoms with E-state index in [1.165, 1.54) is 9.47 Å². The van der Waals surface area contributed by atoms with Crippen molar-refractivity contribution in [3.8, 4) is 21.6 Å². The second kappa shape index (κ2) is 21.1. The van der Waals surface area contributed by atoms with Crippen molar-refractivity contribution in [2.45, 2.75) is 116 Å². The van der Waals surface area contributed by atoms with E-state index in [1.807, 2.05) is 63.7 Å². The number of sulfone groups is 1. The fourth-order valence-corrected chi connectivity index (χ4v) is 12.2. The number of carbonyl (C=O) groups is 4. The highest BCUT2D eigenvalue weighted by Gasteiger charge is 2.44. The second-order valence-corrected chi connectivity index (χ2v) is 23.9. The van der Waals surface area contributed by atoms with E-state index in [4.69, 9.17) is 5.73 Å². The normalized spacial score (nSPS) is 17.9. The number of fused-ring (bicyclic) bond motifs is 2. The largest absolute Gasteiger partial charge is 0.391 e. The minimum absolute atomic E-state index is 0.000616. The summed E-state index contributed by atoms with van der Waals surface area (Å²) in [5.74, 6) is -1.85. The Bertz CT molecular complexity index is 3000. The van der Waals surface area contributed by atoms with Crippen molar-refractivity contribution in [1.29, 1.82) is 0 Å². The smallest absolute Gasteiger partial charge is 0.274 e. The minimum Gasteiger partial charge on any atom is -0.391 e. The van der Waals surface area contributed by atoms with Crippen molar-refractivity contribution >= 4 is 61.4 Å². The number of piperidine rings is 1. The number of β-amino-alcohol motifs (C(OH)–C–C–N with tert-alkyl or cyclic N) is 1. The third kappa shape index (κ3) is 11.6. The molecule has 5 aromatic rings. The van der Waals surface area contributed by atoms with Crippen LogP contribution in [-0.2, 0) is 56.5 Å². The minimum atomic E-state index is -3.58. The number of anilines is 1. The van der Waals surface area contributed by atoms with Crippen molar-refractivity contribution in [3.05, 3.63) is 92.1 Å². The Hall–Kier alpha value is -5.89. The number of amides is 4. The fourth-order valence-electron chi connectivity index (χ4n) is 10.6. The SMILES string of the molecule is Cc1ncsc1-c1ccc(CNC(=O)[C@@H]2C[C@@H](O)CN2C(=O)[C@@H](NC(=O)CCCCCN2CCC(Cc3c(CS(C)(=O)=O)c(C(N)=O)cc4c3-c3cn(C)c(=O)c5[nH]cc(c35)CN4)CC2)C(C)(C)C)cc1. The highest BCUT2D eigenvalue weighted by molar-refractivity contribution is 7.89. The first-order valence-corrected chi connectivity index (χ1v) is 27.5. The third-order valence-electron chi connectivity index (χ3n) is 14.3. The number of hydrogen-bond acceptors (Lipinski definition) is 12. The van der Waals surface area contributed by atoms with Crippen LogP contribution in [0.5, 0.6) is 0 Å². The Balaban J connectivity index is 0.841. The molecule has 4 amide bonds. The van der Waals surface area contributed by atoms with Crippen molar-refractivity contribution in [3.63, 3.8) is 0 Å². The Morgan fingerprint density at radius 2 is 1.79 bits per heavy atom. The molecule has 71 heavy (non-hydrogen) atoms. The Morgan fingerprint density at radius 1 is 1.06 bits per heavy atom. The van der Waals surface area contributed by atoms with Crippen molar-refractivity contribution in [1.82, 2.24) is 35.0 Å². The summed E-state index contributed by atoms with van der Waals surface area (Å²) in [5, 5.41) is 20.8. The maximum absolute atomic E-state index is 14.2. The molecule has 3 aliphatic heterocycles. The van der Waals surface area contributed by atoms with Gasteiger partial charge >= 0.3 is 0 Å². The number of likely N-dealkylation sites (tertiary alicyclic amines) is 2. The van der Waals surface area contributed by atoms with Crippen molar-refractivity contribution in [2.24, 2.45) is 24.1 Å². The molecule has 0 aliphatic carbocycles. The number of rotatable bonds is 17. The Kier molecular flexibility index (Phi) is 15.3. The van der Waals surface area contributed by atoms with E-state index in [0.29, 0.717) is 36.2 Å². The van der Waals surface area contributed by atoms with E-state index in [0.717, 1.165) is 101 Å². The number of primary amides is 1. The molecule has 3 atom stereocenters. The van der Waals surface area contributed by atoms with E-state index < -0.39 is 45.3 Å². The van der Waals surface area contributed by atoms with Gasteiger partial charge in [-0.25, -0.2) is 13.4 Å². The lowest BCUT2D eigenvalue weighted by molar-refractivity contribution is -0.144.